The van der Waals surface area contributed by atoms with Crippen molar-refractivity contribution in [3.05, 3.63) is 70.7 Å². The van der Waals surface area contributed by atoms with Crippen molar-refractivity contribution in [2.75, 3.05) is 43.6 Å². The Morgan fingerprint density at radius 1 is 1.02 bits per heavy atom. The molecule has 1 fully saturated rings. The number of H-pyrrole nitrogens is 1. The Morgan fingerprint density at radius 3 is 2.30 bits per heavy atom. The van der Waals surface area contributed by atoms with Gasteiger partial charge in [0.05, 0.1) is 35.7 Å². The van der Waals surface area contributed by atoms with Crippen molar-refractivity contribution in [2.45, 2.75) is 27.4 Å². The Hall–Kier alpha value is -4.03. The lowest BCUT2D eigenvalue weighted by Crippen LogP contribution is -2.37. The second kappa shape index (κ2) is 12.5. The zero-order chi connectivity index (χ0) is 31.8. The van der Waals surface area contributed by atoms with Crippen LogP contribution in [0.3, 0.4) is 0 Å². The maximum absolute atomic E-state index is 15.3. The average molecular weight is 661 g/mol. The largest absolute Gasteiger partial charge is 0.490 e. The highest BCUT2D eigenvalue weighted by Gasteiger charge is 2.37. The van der Waals surface area contributed by atoms with E-state index in [1.165, 1.54) is 7.11 Å². The maximum atomic E-state index is 15.3. The van der Waals surface area contributed by atoms with Crippen LogP contribution in [0.15, 0.2) is 45.3 Å². The first-order chi connectivity index (χ1) is 20.9. The highest BCUT2D eigenvalue weighted by atomic mass is 32.2. The molecule has 44 heavy (non-hydrogen) atoms. The normalized spacial score (nSPS) is 14.5. The molecule has 1 unspecified atom stereocenters. The maximum Gasteiger partial charge on any atom is 0.236 e. The molecule has 3 heterocycles. The number of rotatable bonds is 9. The quantitative estimate of drug-likeness (QED) is 0.137. The molecule has 1 saturated heterocycles. The van der Waals surface area contributed by atoms with Gasteiger partial charge in [0.2, 0.25) is 21.1 Å². The molecule has 1 aliphatic heterocycles. The third-order valence-corrected chi connectivity index (χ3v) is 8.98. The first kappa shape index (κ1) is 31.4. The van der Waals surface area contributed by atoms with Crippen LogP contribution >= 0.6 is 11.8 Å². The number of hydrogen-bond acceptors (Lipinski definition) is 10. The first-order valence-corrected chi connectivity index (χ1v) is 15.0. The fourth-order valence-electron chi connectivity index (χ4n) is 4.24. The molecule has 0 radical (unpaired) electrons. The monoisotopic (exact) mass is 660 g/mol. The number of morpholine rings is 1. The van der Waals surface area contributed by atoms with E-state index >= 15 is 4.39 Å². The Balaban J connectivity index is 1.49. The van der Waals surface area contributed by atoms with E-state index in [9.17, 15) is 30.4 Å². The van der Waals surface area contributed by atoms with E-state index in [4.69, 9.17) is 9.47 Å². The molecule has 2 N–H and O–H groups in total. The second-order valence-electron chi connectivity index (χ2n) is 9.31. The molecule has 0 spiro atoms. The zero-order valence-corrected chi connectivity index (χ0v) is 24.4. The number of ether oxygens (including phenoxy) is 2. The number of aromatic amines is 1. The minimum atomic E-state index is -5.37. The third-order valence-electron chi connectivity index (χ3n) is 6.37. The lowest BCUT2D eigenvalue weighted by Gasteiger charge is -2.29. The molecule has 0 amide bonds. The molecule has 0 aliphatic carbocycles. The van der Waals surface area contributed by atoms with Crippen molar-refractivity contribution in [3.8, 4) is 5.75 Å². The van der Waals surface area contributed by atoms with Gasteiger partial charge in [-0.15, -0.1) is 0 Å². The van der Waals surface area contributed by atoms with Gasteiger partial charge in [0.1, 0.15) is 5.82 Å². The number of halogens is 6. The number of aromatic nitrogens is 4. The molecule has 10 nitrogen and oxygen atoms in total. The molecule has 2 aromatic heterocycles. The molecule has 0 saturated carbocycles. The molecule has 234 valence electrons. The summed E-state index contributed by atoms with van der Waals surface area (Å²) in [5.41, 5.74) is -4.81. The highest BCUT2D eigenvalue weighted by molar-refractivity contribution is 7.99. The molecular weight excluding hydrogens is 638 g/mol. The summed E-state index contributed by atoms with van der Waals surface area (Å²) in [4.78, 5) is 9.57. The van der Waals surface area contributed by atoms with Crippen molar-refractivity contribution in [2.24, 2.45) is 0 Å². The van der Waals surface area contributed by atoms with E-state index in [-0.39, 0.29) is 27.7 Å². The van der Waals surface area contributed by atoms with Crippen molar-refractivity contribution in [3.63, 3.8) is 0 Å². The van der Waals surface area contributed by atoms with Crippen molar-refractivity contribution in [1.29, 1.82) is 0 Å². The van der Waals surface area contributed by atoms with Crippen LogP contribution < -0.4 is 15.0 Å². The SMILES string of the molecule is COc1c(Nc2cc(C)[nH]n2)nc(Sc2ccc(S(=O)(=O)C(F)c3c(F)c(F)cc(F)c3F)cc2F)nc1N1CCOCC1. The summed E-state index contributed by atoms with van der Waals surface area (Å²) in [5.74, 6) is -8.43. The van der Waals surface area contributed by atoms with Gasteiger partial charge >= 0.3 is 0 Å². The highest BCUT2D eigenvalue weighted by Crippen LogP contribution is 2.40. The second-order valence-corrected chi connectivity index (χ2v) is 12.3. The fraction of sp³-hybridized carbons (Fsp3) is 0.269. The molecule has 18 heteroatoms. The lowest BCUT2D eigenvalue weighted by molar-refractivity contribution is 0.122. The van der Waals surface area contributed by atoms with E-state index in [1.54, 1.807) is 13.0 Å². The van der Waals surface area contributed by atoms with E-state index in [0.29, 0.717) is 55.8 Å². The van der Waals surface area contributed by atoms with E-state index in [1.807, 2.05) is 4.90 Å². The minimum Gasteiger partial charge on any atom is -0.490 e. The van der Waals surface area contributed by atoms with E-state index < -0.39 is 54.9 Å². The Morgan fingerprint density at radius 2 is 1.70 bits per heavy atom. The number of aryl methyl sites for hydroxylation is 1. The Kier molecular flexibility index (Phi) is 8.94. The van der Waals surface area contributed by atoms with Crippen molar-refractivity contribution >= 4 is 39.1 Å². The van der Waals surface area contributed by atoms with Gasteiger partial charge in [0, 0.05) is 30.9 Å². The number of benzene rings is 2. The fourth-order valence-corrected chi connectivity index (χ4v) is 6.27. The number of nitrogens with zero attached hydrogens (tertiary/aromatic N) is 4. The van der Waals surface area contributed by atoms with E-state index in [2.05, 4.69) is 25.5 Å². The topological polar surface area (TPSA) is 122 Å². The number of anilines is 3. The van der Waals surface area contributed by atoms with Gasteiger partial charge in [-0.3, -0.25) is 5.10 Å². The molecule has 1 aliphatic rings. The standard InChI is InChI=1S/C26H22F6N6O4S2/c1-12-9-18(37-36-12)33-24-22(41-2)25(38-5-7-42-8-6-38)35-26(34-24)43-17-4-3-13(10-14(17)27)44(39,40)23(32)19-20(30)15(28)11-16(29)21(19)31/h3-4,9-11,23H,5-8H2,1-2H3,(H2,33,34,35,36,37). The minimum absolute atomic E-state index is 0.000646. The molecule has 2 aromatic carbocycles. The average Bonchev–Trinajstić information content (AvgIpc) is 3.41. The molecule has 4 aromatic rings. The smallest absolute Gasteiger partial charge is 0.236 e. The van der Waals surface area contributed by atoms with Crippen LogP contribution in [0.25, 0.3) is 0 Å². The van der Waals surface area contributed by atoms with Crippen LogP contribution in [0.1, 0.15) is 16.8 Å². The van der Waals surface area contributed by atoms with Gasteiger partial charge < -0.3 is 19.7 Å². The summed E-state index contributed by atoms with van der Waals surface area (Å²) in [7, 11) is -3.95. The van der Waals surface area contributed by atoms with Crippen LogP contribution in [0.4, 0.5) is 43.8 Å². The van der Waals surface area contributed by atoms with Gasteiger partial charge in [-0.25, -0.2) is 44.7 Å². The number of methoxy groups -OCH3 is 1. The van der Waals surface area contributed by atoms with Gasteiger partial charge in [0.15, 0.2) is 45.9 Å². The summed E-state index contributed by atoms with van der Waals surface area (Å²) < 4.78 is 122. The van der Waals surface area contributed by atoms with E-state index in [0.717, 1.165) is 17.8 Å². The summed E-state index contributed by atoms with van der Waals surface area (Å²) in [6.45, 7) is 3.53. The lowest BCUT2D eigenvalue weighted by atomic mass is 10.2. The third kappa shape index (κ3) is 6.14. The molecule has 5 rings (SSSR count). The van der Waals surface area contributed by atoms with Crippen LogP contribution in [0.2, 0.25) is 0 Å². The van der Waals surface area contributed by atoms with Crippen molar-refractivity contribution in [1.82, 2.24) is 20.2 Å². The number of alkyl halides is 1. The van der Waals surface area contributed by atoms with Crippen LogP contribution in [0.5, 0.6) is 5.75 Å². The van der Waals surface area contributed by atoms with Crippen LogP contribution in [-0.4, -0.2) is 62.0 Å². The van der Waals surface area contributed by atoms with Crippen LogP contribution in [-0.2, 0) is 14.6 Å². The molecule has 0 bridgehead atoms. The van der Waals surface area contributed by atoms with Gasteiger partial charge in [-0.2, -0.15) is 5.10 Å². The Labute approximate surface area is 250 Å². The number of hydrogen-bond donors (Lipinski definition) is 2. The Bertz CT molecular complexity index is 1790. The van der Waals surface area contributed by atoms with Crippen molar-refractivity contribution < 1.29 is 44.2 Å². The predicted molar refractivity (Wildman–Crippen MR) is 146 cm³/mol. The summed E-state index contributed by atoms with van der Waals surface area (Å²) >= 11 is 0.688. The summed E-state index contributed by atoms with van der Waals surface area (Å²) in [5, 5.41) is 9.92. The zero-order valence-electron chi connectivity index (χ0n) is 22.8. The van der Waals surface area contributed by atoms with Gasteiger partial charge in [0.25, 0.3) is 0 Å². The van der Waals surface area contributed by atoms with Gasteiger partial charge in [-0.1, -0.05) is 0 Å². The van der Waals surface area contributed by atoms with Crippen LogP contribution in [0, 0.1) is 36.0 Å². The molecular formula is C26H22F6N6O4S2. The first-order valence-electron chi connectivity index (χ1n) is 12.7. The van der Waals surface area contributed by atoms with Gasteiger partial charge in [-0.05, 0) is 36.9 Å². The summed E-state index contributed by atoms with van der Waals surface area (Å²) in [6, 6.07) is 3.66. The number of sulfone groups is 1. The number of nitrogens with one attached hydrogen (secondary N) is 2. The predicted octanol–water partition coefficient (Wildman–Crippen LogP) is 5.39. The summed E-state index contributed by atoms with van der Waals surface area (Å²) in [6.07, 6.45) is 0. The molecule has 1 atom stereocenters.